The molecule has 1 aromatic carbocycles. The van der Waals surface area contributed by atoms with E-state index in [0.29, 0.717) is 13.1 Å². The van der Waals surface area contributed by atoms with Gasteiger partial charge in [-0.05, 0) is 30.8 Å². The van der Waals surface area contributed by atoms with Crippen molar-refractivity contribution in [1.82, 2.24) is 9.88 Å². The Morgan fingerprint density at radius 2 is 2.32 bits per heavy atom. The van der Waals surface area contributed by atoms with Crippen LogP contribution in [0.5, 0.6) is 0 Å². The van der Waals surface area contributed by atoms with Crippen LogP contribution in [0.15, 0.2) is 33.6 Å². The van der Waals surface area contributed by atoms with E-state index in [1.165, 1.54) is 12.1 Å². The summed E-state index contributed by atoms with van der Waals surface area (Å²) in [4.78, 5) is 6.33. The third kappa shape index (κ3) is 3.60. The Morgan fingerprint density at radius 1 is 1.53 bits per heavy atom. The molecule has 2 rings (SSSR count). The summed E-state index contributed by atoms with van der Waals surface area (Å²) in [6.45, 7) is 1.11. The number of hydrogen-bond donors (Lipinski definition) is 1. The van der Waals surface area contributed by atoms with Gasteiger partial charge < -0.3 is 5.73 Å². The van der Waals surface area contributed by atoms with Crippen LogP contribution >= 0.6 is 27.3 Å². The van der Waals surface area contributed by atoms with Crippen LogP contribution in [0, 0.1) is 5.82 Å². The largest absolute Gasteiger partial charge is 0.329 e. The first-order valence-electron chi connectivity index (χ1n) is 5.84. The minimum Gasteiger partial charge on any atom is -0.329 e. The van der Waals surface area contributed by atoms with Crippen molar-refractivity contribution < 1.29 is 4.39 Å². The molecule has 19 heavy (non-hydrogen) atoms. The van der Waals surface area contributed by atoms with Crippen molar-refractivity contribution in [3.8, 4) is 0 Å². The van der Waals surface area contributed by atoms with Crippen LogP contribution in [-0.2, 0) is 6.54 Å². The van der Waals surface area contributed by atoms with Crippen LogP contribution < -0.4 is 5.73 Å². The molecule has 0 radical (unpaired) electrons. The van der Waals surface area contributed by atoms with E-state index in [0.717, 1.165) is 15.7 Å². The molecule has 102 valence electrons. The summed E-state index contributed by atoms with van der Waals surface area (Å²) in [5.41, 5.74) is 9.52. The molecule has 2 N–H and O–H groups in total. The molecule has 1 heterocycles. The predicted molar refractivity (Wildman–Crippen MR) is 79.5 cm³/mol. The topological polar surface area (TPSA) is 42.2 Å². The Hall–Kier alpha value is -0.820. The molecule has 1 unspecified atom stereocenters. The van der Waals surface area contributed by atoms with E-state index in [4.69, 9.17) is 5.73 Å². The van der Waals surface area contributed by atoms with Gasteiger partial charge >= 0.3 is 0 Å². The fraction of sp³-hybridized carbons (Fsp3) is 0.308. The Labute approximate surface area is 124 Å². The highest BCUT2D eigenvalue weighted by Gasteiger charge is 2.19. The number of likely N-dealkylation sites (N-methyl/N-ethyl adjacent to an activating group) is 1. The third-order valence-electron chi connectivity index (χ3n) is 2.97. The summed E-state index contributed by atoms with van der Waals surface area (Å²) >= 11 is 5.02. The average Bonchev–Trinajstić information content (AvgIpc) is 2.87. The van der Waals surface area contributed by atoms with Crippen LogP contribution in [0.3, 0.4) is 0 Å². The van der Waals surface area contributed by atoms with Gasteiger partial charge in [0.2, 0.25) is 0 Å². The second-order valence-electron chi connectivity index (χ2n) is 4.31. The highest BCUT2D eigenvalue weighted by atomic mass is 79.9. The minimum absolute atomic E-state index is 0.0493. The molecule has 0 saturated carbocycles. The van der Waals surface area contributed by atoms with Crippen LogP contribution in [0.1, 0.15) is 17.3 Å². The summed E-state index contributed by atoms with van der Waals surface area (Å²) < 4.78 is 14.3. The second-order valence-corrected chi connectivity index (χ2v) is 5.89. The van der Waals surface area contributed by atoms with Crippen LogP contribution in [-0.4, -0.2) is 23.5 Å². The maximum absolute atomic E-state index is 13.4. The van der Waals surface area contributed by atoms with Gasteiger partial charge in [-0.15, -0.1) is 11.3 Å². The molecule has 1 aromatic heterocycles. The molecule has 0 spiro atoms. The van der Waals surface area contributed by atoms with E-state index in [9.17, 15) is 4.39 Å². The van der Waals surface area contributed by atoms with Crippen LogP contribution in [0.2, 0.25) is 0 Å². The molecule has 0 bridgehead atoms. The Balaban J connectivity index is 2.21. The number of thiazole rings is 1. The molecule has 0 aliphatic heterocycles. The van der Waals surface area contributed by atoms with E-state index in [-0.39, 0.29) is 11.9 Å². The van der Waals surface area contributed by atoms with Gasteiger partial charge in [0.1, 0.15) is 5.82 Å². The van der Waals surface area contributed by atoms with Crippen LogP contribution in [0.25, 0.3) is 0 Å². The molecule has 6 heteroatoms. The quantitative estimate of drug-likeness (QED) is 0.906. The Bertz CT molecular complexity index is 533. The van der Waals surface area contributed by atoms with Crippen molar-refractivity contribution in [3.05, 3.63) is 50.6 Å². The number of benzene rings is 1. The van der Waals surface area contributed by atoms with Gasteiger partial charge in [0, 0.05) is 29.0 Å². The zero-order valence-corrected chi connectivity index (χ0v) is 12.9. The fourth-order valence-electron chi connectivity index (χ4n) is 2.00. The Morgan fingerprint density at radius 3 is 2.95 bits per heavy atom. The average molecular weight is 344 g/mol. The third-order valence-corrected chi connectivity index (χ3v) is 4.32. The van der Waals surface area contributed by atoms with E-state index >= 15 is 0 Å². The van der Waals surface area contributed by atoms with Crippen LogP contribution in [0.4, 0.5) is 4.39 Å². The first kappa shape index (κ1) is 14.6. The molecule has 0 aliphatic rings. The van der Waals surface area contributed by atoms with E-state index in [1.807, 2.05) is 12.4 Å². The summed E-state index contributed by atoms with van der Waals surface area (Å²) in [5, 5.41) is 2.00. The van der Waals surface area contributed by atoms with Gasteiger partial charge in [-0.2, -0.15) is 0 Å². The Kier molecular flexibility index (Phi) is 5.04. The minimum atomic E-state index is -0.251. The SMILES string of the molecule is CN(Cc1cscn1)C(CN)c1cc(F)ccc1Br. The molecular formula is C13H15BrFN3S. The zero-order chi connectivity index (χ0) is 13.8. The molecule has 0 aliphatic carbocycles. The number of halogens is 2. The van der Waals surface area contributed by atoms with E-state index in [2.05, 4.69) is 25.8 Å². The first-order chi connectivity index (χ1) is 9.11. The lowest BCUT2D eigenvalue weighted by Gasteiger charge is -2.27. The summed E-state index contributed by atoms with van der Waals surface area (Å²) in [5.74, 6) is -0.251. The molecular weight excluding hydrogens is 329 g/mol. The molecule has 0 amide bonds. The smallest absolute Gasteiger partial charge is 0.123 e. The highest BCUT2D eigenvalue weighted by Crippen LogP contribution is 2.28. The number of nitrogens with zero attached hydrogens (tertiary/aromatic N) is 2. The molecule has 2 aromatic rings. The summed E-state index contributed by atoms with van der Waals surface area (Å²) in [7, 11) is 1.97. The van der Waals surface area contributed by atoms with Gasteiger partial charge in [0.05, 0.1) is 11.2 Å². The summed E-state index contributed by atoms with van der Waals surface area (Å²) in [6, 6.07) is 4.62. The van der Waals surface area contributed by atoms with Crippen molar-refractivity contribution in [3.63, 3.8) is 0 Å². The monoisotopic (exact) mass is 343 g/mol. The van der Waals surface area contributed by atoms with Crippen molar-refractivity contribution in [2.24, 2.45) is 5.73 Å². The van der Waals surface area contributed by atoms with Gasteiger partial charge in [-0.3, -0.25) is 4.90 Å². The number of nitrogens with two attached hydrogens (primary N) is 1. The van der Waals surface area contributed by atoms with Gasteiger partial charge in [0.15, 0.2) is 0 Å². The fourth-order valence-corrected chi connectivity index (χ4v) is 3.06. The number of aromatic nitrogens is 1. The molecule has 3 nitrogen and oxygen atoms in total. The van der Waals surface area contributed by atoms with E-state index < -0.39 is 0 Å². The van der Waals surface area contributed by atoms with Crippen molar-refractivity contribution in [1.29, 1.82) is 0 Å². The van der Waals surface area contributed by atoms with E-state index in [1.54, 1.807) is 22.9 Å². The second kappa shape index (κ2) is 6.56. The van der Waals surface area contributed by atoms with Crippen molar-refractivity contribution in [2.45, 2.75) is 12.6 Å². The standard InChI is InChI=1S/C13H15BrFN3S/c1-18(6-10-7-19-8-17-10)13(5-16)11-4-9(15)2-3-12(11)14/h2-4,7-8,13H,5-6,16H2,1H3. The van der Waals surface area contributed by atoms with Gasteiger partial charge in [-0.1, -0.05) is 15.9 Å². The normalized spacial score (nSPS) is 12.9. The molecule has 0 saturated heterocycles. The predicted octanol–water partition coefficient (Wildman–Crippen LogP) is 3.18. The lowest BCUT2D eigenvalue weighted by molar-refractivity contribution is 0.238. The highest BCUT2D eigenvalue weighted by molar-refractivity contribution is 9.10. The van der Waals surface area contributed by atoms with Crippen molar-refractivity contribution in [2.75, 3.05) is 13.6 Å². The zero-order valence-electron chi connectivity index (χ0n) is 10.5. The summed E-state index contributed by atoms with van der Waals surface area (Å²) in [6.07, 6.45) is 0. The van der Waals surface area contributed by atoms with Gasteiger partial charge in [0.25, 0.3) is 0 Å². The lowest BCUT2D eigenvalue weighted by atomic mass is 10.1. The number of hydrogen-bond acceptors (Lipinski definition) is 4. The van der Waals surface area contributed by atoms with Gasteiger partial charge in [-0.25, -0.2) is 9.37 Å². The lowest BCUT2D eigenvalue weighted by Crippen LogP contribution is -2.30. The number of rotatable bonds is 5. The maximum Gasteiger partial charge on any atom is 0.123 e. The molecule has 1 atom stereocenters. The first-order valence-corrected chi connectivity index (χ1v) is 7.57. The maximum atomic E-state index is 13.4. The molecule has 0 fully saturated rings. The van der Waals surface area contributed by atoms with Crippen molar-refractivity contribution >= 4 is 27.3 Å².